The van der Waals surface area contributed by atoms with E-state index in [4.69, 9.17) is 4.42 Å². The summed E-state index contributed by atoms with van der Waals surface area (Å²) in [6, 6.07) is 9.49. The first-order chi connectivity index (χ1) is 9.11. The topological polar surface area (TPSA) is 54.3 Å². The van der Waals surface area contributed by atoms with Gasteiger partial charge in [-0.25, -0.2) is 0 Å². The number of aryl methyl sites for hydroxylation is 1. The van der Waals surface area contributed by atoms with Crippen LogP contribution < -0.4 is 10.6 Å². The van der Waals surface area contributed by atoms with E-state index < -0.39 is 0 Å². The first-order valence-electron chi connectivity index (χ1n) is 6.24. The Hall–Kier alpha value is -2.23. The number of furan rings is 1. The Morgan fingerprint density at radius 1 is 1.32 bits per heavy atom. The molecule has 1 heterocycles. The van der Waals surface area contributed by atoms with Gasteiger partial charge >= 0.3 is 0 Å². The van der Waals surface area contributed by atoms with E-state index in [0.29, 0.717) is 5.56 Å². The molecule has 1 amide bonds. The minimum atomic E-state index is -0.0752. The predicted molar refractivity (Wildman–Crippen MR) is 75.3 cm³/mol. The molecule has 0 saturated carbocycles. The Bertz CT molecular complexity index is 562. The van der Waals surface area contributed by atoms with Crippen LogP contribution >= 0.6 is 0 Å². The van der Waals surface area contributed by atoms with Crippen molar-refractivity contribution in [3.8, 4) is 0 Å². The van der Waals surface area contributed by atoms with Crippen LogP contribution in [0.5, 0.6) is 0 Å². The largest absolute Gasteiger partial charge is 0.467 e. The Balaban J connectivity index is 2.15. The van der Waals surface area contributed by atoms with Crippen molar-refractivity contribution in [1.29, 1.82) is 0 Å². The Morgan fingerprint density at radius 2 is 2.11 bits per heavy atom. The second-order valence-electron chi connectivity index (χ2n) is 4.49. The maximum atomic E-state index is 11.5. The smallest absolute Gasteiger partial charge is 0.251 e. The van der Waals surface area contributed by atoms with Crippen molar-refractivity contribution in [3.05, 3.63) is 53.5 Å². The summed E-state index contributed by atoms with van der Waals surface area (Å²) < 4.78 is 5.36. The van der Waals surface area contributed by atoms with Gasteiger partial charge in [-0.05, 0) is 49.7 Å². The highest BCUT2D eigenvalue weighted by molar-refractivity contribution is 5.94. The lowest BCUT2D eigenvalue weighted by Gasteiger charge is -2.15. The van der Waals surface area contributed by atoms with Gasteiger partial charge in [0, 0.05) is 18.3 Å². The van der Waals surface area contributed by atoms with E-state index in [0.717, 1.165) is 17.0 Å². The van der Waals surface area contributed by atoms with Crippen molar-refractivity contribution in [2.45, 2.75) is 19.9 Å². The van der Waals surface area contributed by atoms with Gasteiger partial charge in [0.1, 0.15) is 5.76 Å². The molecular formula is C15H18N2O2. The lowest BCUT2D eigenvalue weighted by Crippen LogP contribution is -2.18. The molecule has 0 spiro atoms. The number of hydrogen-bond donors (Lipinski definition) is 2. The lowest BCUT2D eigenvalue weighted by atomic mass is 10.1. The molecule has 2 aromatic rings. The van der Waals surface area contributed by atoms with E-state index in [2.05, 4.69) is 10.6 Å². The van der Waals surface area contributed by atoms with Gasteiger partial charge in [0.05, 0.1) is 12.3 Å². The molecule has 0 aliphatic carbocycles. The Kier molecular flexibility index (Phi) is 3.90. The summed E-state index contributed by atoms with van der Waals surface area (Å²) in [5.74, 6) is 0.809. The van der Waals surface area contributed by atoms with E-state index in [1.165, 1.54) is 0 Å². The highest BCUT2D eigenvalue weighted by Crippen LogP contribution is 2.23. The monoisotopic (exact) mass is 258 g/mol. The molecular weight excluding hydrogens is 240 g/mol. The Morgan fingerprint density at radius 3 is 2.68 bits per heavy atom. The molecule has 0 fully saturated rings. The summed E-state index contributed by atoms with van der Waals surface area (Å²) in [6.07, 6.45) is 1.66. The molecule has 2 N–H and O–H groups in total. The first kappa shape index (κ1) is 13.2. The lowest BCUT2D eigenvalue weighted by molar-refractivity contribution is 0.0963. The number of benzene rings is 1. The minimum Gasteiger partial charge on any atom is -0.467 e. The number of carbonyl (C=O) groups is 1. The summed E-state index contributed by atoms with van der Waals surface area (Å²) in [5, 5.41) is 5.99. The van der Waals surface area contributed by atoms with Gasteiger partial charge in [0.25, 0.3) is 5.91 Å². The van der Waals surface area contributed by atoms with Gasteiger partial charge < -0.3 is 15.1 Å². The summed E-state index contributed by atoms with van der Waals surface area (Å²) in [6.45, 7) is 4.01. The first-order valence-corrected chi connectivity index (χ1v) is 6.24. The maximum absolute atomic E-state index is 11.5. The molecule has 1 aromatic carbocycles. The normalized spacial score (nSPS) is 11.9. The standard InChI is InChI=1S/C15H18N2O2/c1-10-9-12(15(18)16-3)6-7-13(10)17-11(2)14-5-4-8-19-14/h4-9,11,17H,1-3H3,(H,16,18). The van der Waals surface area contributed by atoms with E-state index in [1.807, 2.05) is 44.2 Å². The van der Waals surface area contributed by atoms with Crippen LogP contribution in [0.4, 0.5) is 5.69 Å². The van der Waals surface area contributed by atoms with Crippen molar-refractivity contribution in [2.24, 2.45) is 0 Å². The Labute approximate surface area is 112 Å². The third kappa shape index (κ3) is 2.96. The fraction of sp³-hybridized carbons (Fsp3) is 0.267. The molecule has 1 atom stereocenters. The van der Waals surface area contributed by atoms with Gasteiger partial charge in [-0.2, -0.15) is 0 Å². The van der Waals surface area contributed by atoms with E-state index in [-0.39, 0.29) is 11.9 Å². The molecule has 2 rings (SSSR count). The van der Waals surface area contributed by atoms with E-state index >= 15 is 0 Å². The molecule has 0 aliphatic rings. The molecule has 4 heteroatoms. The number of carbonyl (C=O) groups excluding carboxylic acids is 1. The highest BCUT2D eigenvalue weighted by atomic mass is 16.3. The molecule has 0 saturated heterocycles. The second-order valence-corrected chi connectivity index (χ2v) is 4.49. The zero-order valence-electron chi connectivity index (χ0n) is 11.4. The van der Waals surface area contributed by atoms with Gasteiger partial charge in [-0.1, -0.05) is 0 Å². The summed E-state index contributed by atoms with van der Waals surface area (Å²) in [5.41, 5.74) is 2.69. The van der Waals surface area contributed by atoms with Crippen LogP contribution in [0.25, 0.3) is 0 Å². The highest BCUT2D eigenvalue weighted by Gasteiger charge is 2.10. The molecule has 0 aliphatic heterocycles. The number of hydrogen-bond acceptors (Lipinski definition) is 3. The van der Waals surface area contributed by atoms with Crippen LogP contribution in [0, 0.1) is 6.92 Å². The zero-order chi connectivity index (χ0) is 13.8. The second kappa shape index (κ2) is 5.61. The number of amides is 1. The number of rotatable bonds is 4. The number of anilines is 1. The SMILES string of the molecule is CNC(=O)c1ccc(NC(C)c2ccco2)c(C)c1. The average Bonchev–Trinajstić information content (AvgIpc) is 2.94. The fourth-order valence-electron chi connectivity index (χ4n) is 1.95. The van der Waals surface area contributed by atoms with Crippen molar-refractivity contribution >= 4 is 11.6 Å². The summed E-state index contributed by atoms with van der Waals surface area (Å²) in [7, 11) is 1.63. The third-order valence-electron chi connectivity index (χ3n) is 3.06. The fourth-order valence-corrected chi connectivity index (χ4v) is 1.95. The minimum absolute atomic E-state index is 0.0752. The predicted octanol–water partition coefficient (Wildman–Crippen LogP) is 3.12. The molecule has 4 nitrogen and oxygen atoms in total. The molecule has 100 valence electrons. The molecule has 1 aromatic heterocycles. The van der Waals surface area contributed by atoms with E-state index in [1.54, 1.807) is 13.3 Å². The van der Waals surface area contributed by atoms with Gasteiger partial charge in [-0.15, -0.1) is 0 Å². The molecule has 0 radical (unpaired) electrons. The average molecular weight is 258 g/mol. The van der Waals surface area contributed by atoms with Crippen LogP contribution in [-0.4, -0.2) is 13.0 Å². The summed E-state index contributed by atoms with van der Waals surface area (Å²) >= 11 is 0. The summed E-state index contributed by atoms with van der Waals surface area (Å²) in [4.78, 5) is 11.5. The van der Waals surface area contributed by atoms with Crippen molar-refractivity contribution in [2.75, 3.05) is 12.4 Å². The van der Waals surface area contributed by atoms with E-state index in [9.17, 15) is 4.79 Å². The van der Waals surface area contributed by atoms with Crippen molar-refractivity contribution in [3.63, 3.8) is 0 Å². The number of nitrogens with one attached hydrogen (secondary N) is 2. The molecule has 19 heavy (non-hydrogen) atoms. The molecule has 0 bridgehead atoms. The quantitative estimate of drug-likeness (QED) is 0.886. The maximum Gasteiger partial charge on any atom is 0.251 e. The van der Waals surface area contributed by atoms with Crippen LogP contribution in [0.2, 0.25) is 0 Å². The van der Waals surface area contributed by atoms with Gasteiger partial charge in [0.2, 0.25) is 0 Å². The van der Waals surface area contributed by atoms with Crippen LogP contribution in [-0.2, 0) is 0 Å². The zero-order valence-corrected chi connectivity index (χ0v) is 11.4. The van der Waals surface area contributed by atoms with Gasteiger partial charge in [-0.3, -0.25) is 4.79 Å². The van der Waals surface area contributed by atoms with Crippen LogP contribution in [0.3, 0.4) is 0 Å². The van der Waals surface area contributed by atoms with Crippen LogP contribution in [0.15, 0.2) is 41.0 Å². The van der Waals surface area contributed by atoms with Crippen LogP contribution in [0.1, 0.15) is 34.6 Å². The third-order valence-corrected chi connectivity index (χ3v) is 3.06. The van der Waals surface area contributed by atoms with Crippen molar-refractivity contribution < 1.29 is 9.21 Å². The van der Waals surface area contributed by atoms with Crippen molar-refractivity contribution in [1.82, 2.24) is 5.32 Å². The molecule has 1 unspecified atom stereocenters. The van der Waals surface area contributed by atoms with Gasteiger partial charge in [0.15, 0.2) is 0 Å².